The van der Waals surface area contributed by atoms with Crippen molar-refractivity contribution in [2.75, 3.05) is 0 Å². The van der Waals surface area contributed by atoms with Gasteiger partial charge in [-0.15, -0.1) is 0 Å². The van der Waals surface area contributed by atoms with Crippen LogP contribution in [0.4, 0.5) is 0 Å². The first-order valence-electron chi connectivity index (χ1n) is 20.3. The van der Waals surface area contributed by atoms with Gasteiger partial charge >= 0.3 is 0 Å². The molecule has 0 bridgehead atoms. The lowest BCUT2D eigenvalue weighted by Crippen LogP contribution is -2.76. The molecule has 0 amide bonds. The first kappa shape index (κ1) is 33.7. The molecule has 0 radical (unpaired) electrons. The summed E-state index contributed by atoms with van der Waals surface area (Å²) in [6.07, 6.45) is 0. The highest BCUT2D eigenvalue weighted by atomic mass is 28.3. The molecule has 1 atom stereocenters. The third kappa shape index (κ3) is 5.18. The van der Waals surface area contributed by atoms with Crippen LogP contribution in [0.5, 0.6) is 11.5 Å². The summed E-state index contributed by atoms with van der Waals surface area (Å²) in [7, 11) is -3.06. The van der Waals surface area contributed by atoms with E-state index in [9.17, 15) is 0 Å². The summed E-state index contributed by atoms with van der Waals surface area (Å²) in [6, 6.07) is 82.6. The van der Waals surface area contributed by atoms with E-state index in [1.54, 1.807) is 0 Å². The number of nitrogens with zero attached hydrogens (tertiary/aromatic N) is 1. The second-order valence-corrected chi connectivity index (χ2v) is 19.3. The number of aromatic nitrogens is 1. The standard InChI is InChI=1S/C56H37NOSi/c1-2-14-38(15-3-1)40-28-29-42-35-43(31-30-41(42)34-40)44-32-33-56-53(36-44)58-52-25-10-11-26-55(52)59(56,54-27-12-17-39-16-4-5-20-47(39)54)46-19-13-18-45(37-46)57-50-23-8-6-21-48(50)49-22-7-9-24-51(49)57/h1-37H. The summed E-state index contributed by atoms with van der Waals surface area (Å²) in [4.78, 5) is 0. The van der Waals surface area contributed by atoms with E-state index in [1.165, 1.54) is 80.8 Å². The Bertz CT molecular complexity index is 3380. The molecule has 0 spiro atoms. The molecule has 10 aromatic carbocycles. The minimum atomic E-state index is -3.06. The van der Waals surface area contributed by atoms with E-state index in [0.717, 1.165) is 22.7 Å². The van der Waals surface area contributed by atoms with Crippen molar-refractivity contribution in [3.8, 4) is 39.4 Å². The Morgan fingerprint density at radius 2 is 0.881 bits per heavy atom. The number of para-hydroxylation sites is 3. The molecule has 1 aliphatic heterocycles. The average molecular weight is 768 g/mol. The number of benzene rings is 10. The molecule has 2 nitrogen and oxygen atoms in total. The van der Waals surface area contributed by atoms with Crippen molar-refractivity contribution >= 4 is 72.2 Å². The highest BCUT2D eigenvalue weighted by Crippen LogP contribution is 2.36. The lowest BCUT2D eigenvalue weighted by atomic mass is 9.97. The van der Waals surface area contributed by atoms with Crippen LogP contribution in [0.15, 0.2) is 224 Å². The van der Waals surface area contributed by atoms with Crippen LogP contribution in [0.3, 0.4) is 0 Å². The van der Waals surface area contributed by atoms with Crippen LogP contribution in [-0.2, 0) is 0 Å². The summed E-state index contributed by atoms with van der Waals surface area (Å²) in [5.74, 6) is 1.84. The van der Waals surface area contributed by atoms with Crippen molar-refractivity contribution in [2.24, 2.45) is 0 Å². The van der Waals surface area contributed by atoms with Gasteiger partial charge in [0.15, 0.2) is 8.07 Å². The van der Waals surface area contributed by atoms with Gasteiger partial charge in [-0.05, 0) is 113 Å². The minimum Gasteiger partial charge on any atom is -0.458 e. The largest absolute Gasteiger partial charge is 0.458 e. The summed E-state index contributed by atoms with van der Waals surface area (Å²) in [5.41, 5.74) is 8.32. The van der Waals surface area contributed by atoms with Crippen molar-refractivity contribution in [3.05, 3.63) is 224 Å². The maximum absolute atomic E-state index is 7.05. The third-order valence-corrected chi connectivity index (χ3v) is 17.4. The topological polar surface area (TPSA) is 14.2 Å². The van der Waals surface area contributed by atoms with Crippen molar-refractivity contribution in [1.29, 1.82) is 0 Å². The van der Waals surface area contributed by atoms with Gasteiger partial charge in [0.1, 0.15) is 11.5 Å². The molecule has 0 aliphatic carbocycles. The molecule has 59 heavy (non-hydrogen) atoms. The van der Waals surface area contributed by atoms with Crippen LogP contribution < -0.4 is 25.5 Å². The van der Waals surface area contributed by atoms with E-state index >= 15 is 0 Å². The van der Waals surface area contributed by atoms with Gasteiger partial charge in [0, 0.05) is 16.5 Å². The molecule has 1 unspecified atom stereocenters. The molecular weight excluding hydrogens is 731 g/mol. The van der Waals surface area contributed by atoms with Crippen LogP contribution >= 0.6 is 0 Å². The minimum absolute atomic E-state index is 0.919. The van der Waals surface area contributed by atoms with Crippen molar-refractivity contribution in [3.63, 3.8) is 0 Å². The smallest absolute Gasteiger partial charge is 0.188 e. The van der Waals surface area contributed by atoms with E-state index in [0.29, 0.717) is 0 Å². The fourth-order valence-corrected chi connectivity index (χ4v) is 15.0. The number of ether oxygens (including phenoxy) is 1. The predicted octanol–water partition coefficient (Wildman–Crippen LogP) is 11.9. The summed E-state index contributed by atoms with van der Waals surface area (Å²) >= 11 is 0. The summed E-state index contributed by atoms with van der Waals surface area (Å²) in [6.45, 7) is 0. The molecule has 1 aromatic heterocycles. The Morgan fingerprint density at radius 1 is 0.322 bits per heavy atom. The Morgan fingerprint density at radius 3 is 1.66 bits per heavy atom. The van der Waals surface area contributed by atoms with Gasteiger partial charge < -0.3 is 9.30 Å². The molecule has 0 N–H and O–H groups in total. The third-order valence-electron chi connectivity index (χ3n) is 12.5. The van der Waals surface area contributed by atoms with E-state index in [-0.39, 0.29) is 0 Å². The van der Waals surface area contributed by atoms with Crippen molar-refractivity contribution < 1.29 is 4.74 Å². The normalized spacial score (nSPS) is 14.6. The molecule has 12 rings (SSSR count). The SMILES string of the molecule is c1ccc(-c2ccc3cc(-c4ccc5c(c4)Oc4ccccc4[Si]5(c4cccc(-n5c6ccccc6c6ccccc65)c4)c4cccc5ccccc45)ccc3c2)cc1. The zero-order chi connectivity index (χ0) is 38.9. The van der Waals surface area contributed by atoms with Gasteiger partial charge in [-0.2, -0.15) is 0 Å². The first-order chi connectivity index (χ1) is 29.2. The first-order valence-corrected chi connectivity index (χ1v) is 22.3. The highest BCUT2D eigenvalue weighted by Gasteiger charge is 2.49. The van der Waals surface area contributed by atoms with E-state index in [1.807, 2.05) is 0 Å². The Labute approximate surface area is 343 Å². The van der Waals surface area contributed by atoms with E-state index < -0.39 is 8.07 Å². The fourth-order valence-electron chi connectivity index (χ4n) is 9.85. The highest BCUT2D eigenvalue weighted by molar-refractivity contribution is 7.21. The van der Waals surface area contributed by atoms with Crippen LogP contribution in [-0.4, -0.2) is 12.6 Å². The molecule has 0 saturated heterocycles. The Kier molecular flexibility index (Phi) is 7.59. The van der Waals surface area contributed by atoms with Crippen LogP contribution in [0.2, 0.25) is 0 Å². The zero-order valence-electron chi connectivity index (χ0n) is 32.2. The number of hydrogen-bond donors (Lipinski definition) is 0. The fraction of sp³-hybridized carbons (Fsp3) is 0. The average Bonchev–Trinajstić information content (AvgIpc) is 3.65. The van der Waals surface area contributed by atoms with Gasteiger partial charge in [-0.1, -0.05) is 176 Å². The van der Waals surface area contributed by atoms with E-state index in [4.69, 9.17) is 4.74 Å². The molecule has 276 valence electrons. The second kappa shape index (κ2) is 13.3. The lowest BCUT2D eigenvalue weighted by Gasteiger charge is -2.40. The van der Waals surface area contributed by atoms with Gasteiger partial charge in [0.05, 0.1) is 11.0 Å². The monoisotopic (exact) mass is 767 g/mol. The van der Waals surface area contributed by atoms with E-state index in [2.05, 4.69) is 229 Å². The molecule has 1 aliphatic rings. The van der Waals surface area contributed by atoms with Gasteiger partial charge in [-0.3, -0.25) is 0 Å². The molecule has 0 fully saturated rings. The Hall–Kier alpha value is -7.46. The second-order valence-electron chi connectivity index (χ2n) is 15.6. The van der Waals surface area contributed by atoms with Crippen molar-refractivity contribution in [1.82, 2.24) is 4.57 Å². The molecule has 3 heteroatoms. The number of hydrogen-bond acceptors (Lipinski definition) is 1. The quantitative estimate of drug-likeness (QED) is 0.159. The van der Waals surface area contributed by atoms with Crippen LogP contribution in [0.1, 0.15) is 0 Å². The lowest BCUT2D eigenvalue weighted by molar-refractivity contribution is 0.487. The Balaban J connectivity index is 1.10. The maximum Gasteiger partial charge on any atom is 0.188 e. The maximum atomic E-state index is 7.05. The number of rotatable bonds is 5. The summed E-state index contributed by atoms with van der Waals surface area (Å²) in [5, 5.41) is 12.7. The number of fused-ring (bicyclic) bond motifs is 7. The molecule has 2 heterocycles. The molecule has 0 saturated carbocycles. The molecule has 11 aromatic rings. The van der Waals surface area contributed by atoms with Gasteiger partial charge in [0.2, 0.25) is 0 Å². The predicted molar refractivity (Wildman–Crippen MR) is 250 cm³/mol. The van der Waals surface area contributed by atoms with Crippen LogP contribution in [0.25, 0.3) is 71.3 Å². The molecular formula is C56H37NOSi. The summed E-state index contributed by atoms with van der Waals surface area (Å²) < 4.78 is 9.49. The van der Waals surface area contributed by atoms with Gasteiger partial charge in [-0.25, -0.2) is 0 Å². The zero-order valence-corrected chi connectivity index (χ0v) is 33.2. The van der Waals surface area contributed by atoms with Gasteiger partial charge in [0.25, 0.3) is 0 Å². The van der Waals surface area contributed by atoms with Crippen LogP contribution in [0, 0.1) is 0 Å². The van der Waals surface area contributed by atoms with Crippen molar-refractivity contribution in [2.45, 2.75) is 0 Å².